The lowest BCUT2D eigenvalue weighted by Gasteiger charge is -2.38. The molecule has 2 aromatic carbocycles. The number of hydrogen-bond donors (Lipinski definition) is 2. The van der Waals surface area contributed by atoms with E-state index in [-0.39, 0.29) is 19.0 Å². The molecule has 3 aliphatic rings. The van der Waals surface area contributed by atoms with E-state index in [0.717, 1.165) is 18.4 Å². The Morgan fingerprint density at radius 1 is 1.11 bits per heavy atom. The first-order valence-corrected chi connectivity index (χ1v) is 12.6. The number of carbonyl (C=O) groups is 3. The van der Waals surface area contributed by atoms with Crippen LogP contribution in [0.25, 0.3) is 0 Å². The minimum atomic E-state index is -0.588. The Labute approximate surface area is 214 Å². The highest BCUT2D eigenvalue weighted by Crippen LogP contribution is 2.49. The van der Waals surface area contributed by atoms with Gasteiger partial charge in [0, 0.05) is 26.2 Å². The zero-order valence-corrected chi connectivity index (χ0v) is 21.0. The van der Waals surface area contributed by atoms with Gasteiger partial charge in [0.05, 0.1) is 29.9 Å². The summed E-state index contributed by atoms with van der Waals surface area (Å²) in [4.78, 5) is 41.8. The summed E-state index contributed by atoms with van der Waals surface area (Å²) < 4.78 is 20.3. The van der Waals surface area contributed by atoms with Gasteiger partial charge in [-0.2, -0.15) is 0 Å². The second-order valence-electron chi connectivity index (χ2n) is 9.67. The van der Waals surface area contributed by atoms with Gasteiger partial charge in [0.15, 0.2) is 0 Å². The Morgan fingerprint density at radius 2 is 1.81 bits per heavy atom. The van der Waals surface area contributed by atoms with Crippen molar-refractivity contribution < 1.29 is 23.5 Å². The van der Waals surface area contributed by atoms with E-state index in [1.807, 2.05) is 16.7 Å². The fourth-order valence-electron chi connectivity index (χ4n) is 5.04. The number of nitrogens with one attached hydrogen (secondary N) is 1. The van der Waals surface area contributed by atoms with Gasteiger partial charge in [-0.25, -0.2) is 9.18 Å². The zero-order valence-electron chi connectivity index (χ0n) is 20.1. The van der Waals surface area contributed by atoms with Crippen LogP contribution in [0.15, 0.2) is 42.5 Å². The summed E-state index contributed by atoms with van der Waals surface area (Å²) in [6.07, 6.45) is 0.616. The molecule has 3 amide bonds. The van der Waals surface area contributed by atoms with Crippen molar-refractivity contribution in [2.75, 3.05) is 49.1 Å². The smallest absolute Gasteiger partial charge is 0.414 e. The fourth-order valence-corrected chi connectivity index (χ4v) is 5.13. The molecule has 2 aromatic rings. The van der Waals surface area contributed by atoms with E-state index >= 15 is 4.39 Å². The van der Waals surface area contributed by atoms with Crippen LogP contribution in [0.5, 0.6) is 0 Å². The number of nitrogens with zero attached hydrogens (tertiary/aromatic N) is 3. The van der Waals surface area contributed by atoms with Crippen molar-refractivity contribution in [2.45, 2.75) is 31.3 Å². The first-order valence-electron chi connectivity index (χ1n) is 12.1. The summed E-state index contributed by atoms with van der Waals surface area (Å²) in [5, 5.41) is 1.98. The van der Waals surface area contributed by atoms with Crippen LogP contribution < -0.4 is 15.1 Å². The van der Waals surface area contributed by atoms with Crippen molar-refractivity contribution in [2.24, 2.45) is 0 Å². The van der Waals surface area contributed by atoms with E-state index < -0.39 is 28.7 Å². The average molecular weight is 513 g/mol. The van der Waals surface area contributed by atoms with Crippen LogP contribution in [0.2, 0.25) is 0 Å². The SMILES string of the molecule is Cc1ccc(C2(C(=O)N3CCN(c4ccc(N5CC(CNC(=O)S)OC5=O)cc4F)CC3)CC2)cc1. The standard InChI is InChI=1S/C26H29FN4O4S/c1-17-2-4-18(5-3-17)26(8-9-26)23(32)30-12-10-29(11-13-30)22-7-6-19(14-21(22)27)31-16-20(35-25(31)34)15-28-24(33)36/h2-7,14,20H,8-13,15-16H2,1H3,(H2,28,33,36). The first-order chi connectivity index (χ1) is 17.3. The average Bonchev–Trinajstić information content (AvgIpc) is 3.59. The molecule has 2 aliphatic heterocycles. The van der Waals surface area contributed by atoms with Crippen LogP contribution in [-0.2, 0) is 14.9 Å². The molecule has 0 bridgehead atoms. The van der Waals surface area contributed by atoms with E-state index in [2.05, 4.69) is 42.2 Å². The zero-order chi connectivity index (χ0) is 25.4. The molecule has 0 radical (unpaired) electrons. The predicted molar refractivity (Wildman–Crippen MR) is 137 cm³/mol. The number of ether oxygens (including phenoxy) is 1. The van der Waals surface area contributed by atoms with Crippen LogP contribution in [0, 0.1) is 12.7 Å². The Bertz CT molecular complexity index is 1180. The van der Waals surface area contributed by atoms with Gasteiger partial charge < -0.3 is 19.9 Å². The molecule has 1 saturated carbocycles. The first kappa shape index (κ1) is 24.4. The summed E-state index contributed by atoms with van der Waals surface area (Å²) in [7, 11) is 0. The molecule has 190 valence electrons. The van der Waals surface area contributed by atoms with Crippen LogP contribution in [0.4, 0.5) is 25.4 Å². The molecule has 1 N–H and O–H groups in total. The predicted octanol–water partition coefficient (Wildman–Crippen LogP) is 3.48. The molecule has 10 heteroatoms. The van der Waals surface area contributed by atoms with Crippen molar-refractivity contribution in [3.8, 4) is 0 Å². The maximum absolute atomic E-state index is 15.1. The number of halogens is 1. The third kappa shape index (κ3) is 4.74. The van der Waals surface area contributed by atoms with Crippen molar-refractivity contribution in [1.29, 1.82) is 0 Å². The van der Waals surface area contributed by atoms with E-state index in [1.165, 1.54) is 16.5 Å². The molecule has 2 heterocycles. The third-order valence-corrected chi connectivity index (χ3v) is 7.43. The number of hydrogen-bond acceptors (Lipinski definition) is 5. The molecule has 1 atom stereocenters. The molecule has 5 rings (SSSR count). The molecule has 8 nitrogen and oxygen atoms in total. The van der Waals surface area contributed by atoms with Gasteiger partial charge in [-0.15, -0.1) is 0 Å². The Hall–Kier alpha value is -3.27. The summed E-state index contributed by atoms with van der Waals surface area (Å²) in [5.74, 6) is -0.275. The largest absolute Gasteiger partial charge is 0.442 e. The van der Waals surface area contributed by atoms with Crippen LogP contribution in [0.1, 0.15) is 24.0 Å². The highest BCUT2D eigenvalue weighted by molar-refractivity contribution is 7.96. The second-order valence-corrected chi connectivity index (χ2v) is 10.1. The van der Waals surface area contributed by atoms with Gasteiger partial charge in [0.2, 0.25) is 5.91 Å². The topological polar surface area (TPSA) is 82.2 Å². The van der Waals surface area contributed by atoms with Crippen molar-refractivity contribution in [3.63, 3.8) is 0 Å². The lowest BCUT2D eigenvalue weighted by atomic mass is 9.93. The fraction of sp³-hybridized carbons (Fsp3) is 0.423. The molecule has 0 aromatic heterocycles. The van der Waals surface area contributed by atoms with E-state index in [9.17, 15) is 14.4 Å². The minimum absolute atomic E-state index is 0.138. The number of carbonyl (C=O) groups excluding carboxylic acids is 3. The molecule has 1 aliphatic carbocycles. The Balaban J connectivity index is 1.20. The van der Waals surface area contributed by atoms with Crippen LogP contribution >= 0.6 is 12.6 Å². The third-order valence-electron chi connectivity index (χ3n) is 7.27. The molecule has 3 fully saturated rings. The lowest BCUT2D eigenvalue weighted by molar-refractivity contribution is -0.134. The van der Waals surface area contributed by atoms with Crippen molar-refractivity contribution >= 4 is 41.2 Å². The summed E-state index contributed by atoms with van der Waals surface area (Å²) in [6.45, 7) is 4.51. The van der Waals surface area contributed by atoms with Gasteiger partial charge >= 0.3 is 6.09 Å². The second kappa shape index (κ2) is 9.65. The van der Waals surface area contributed by atoms with E-state index in [1.54, 1.807) is 12.1 Å². The van der Waals surface area contributed by atoms with E-state index in [0.29, 0.717) is 37.6 Å². The monoisotopic (exact) mass is 512 g/mol. The lowest BCUT2D eigenvalue weighted by Crippen LogP contribution is -2.51. The summed E-state index contributed by atoms with van der Waals surface area (Å²) in [6, 6.07) is 12.9. The van der Waals surface area contributed by atoms with Crippen molar-refractivity contribution in [1.82, 2.24) is 10.2 Å². The van der Waals surface area contributed by atoms with Crippen molar-refractivity contribution in [3.05, 3.63) is 59.4 Å². The molecule has 2 saturated heterocycles. The number of amides is 3. The molecule has 36 heavy (non-hydrogen) atoms. The van der Waals surface area contributed by atoms with Gasteiger partial charge in [-0.3, -0.25) is 14.5 Å². The summed E-state index contributed by atoms with van der Waals surface area (Å²) >= 11 is 3.63. The minimum Gasteiger partial charge on any atom is -0.442 e. The van der Waals surface area contributed by atoms with Gasteiger partial charge in [-0.05, 0) is 43.5 Å². The van der Waals surface area contributed by atoms with Crippen LogP contribution in [-0.4, -0.2) is 67.5 Å². The number of anilines is 2. The Kier molecular flexibility index (Phi) is 6.55. The number of rotatable bonds is 6. The normalized spacial score (nSPS) is 20.8. The van der Waals surface area contributed by atoms with Gasteiger partial charge in [0.25, 0.3) is 5.24 Å². The van der Waals surface area contributed by atoms with Gasteiger partial charge in [0.1, 0.15) is 11.9 Å². The summed E-state index contributed by atoms with van der Waals surface area (Å²) in [5.41, 5.74) is 2.69. The molecular weight excluding hydrogens is 483 g/mol. The van der Waals surface area contributed by atoms with Gasteiger partial charge in [-0.1, -0.05) is 42.5 Å². The maximum Gasteiger partial charge on any atom is 0.414 e. The number of piperazine rings is 1. The highest BCUT2D eigenvalue weighted by atomic mass is 32.1. The number of aryl methyl sites for hydroxylation is 1. The quantitative estimate of drug-likeness (QED) is 0.580. The molecule has 1 unspecified atom stereocenters. The number of benzene rings is 2. The maximum atomic E-state index is 15.1. The Morgan fingerprint density at radius 3 is 2.42 bits per heavy atom. The molecular formula is C26H29FN4O4S. The van der Waals surface area contributed by atoms with Crippen LogP contribution in [0.3, 0.4) is 0 Å². The highest BCUT2D eigenvalue weighted by Gasteiger charge is 2.53. The van der Waals surface area contributed by atoms with E-state index in [4.69, 9.17) is 4.74 Å². The number of cyclic esters (lactones) is 1. The number of thiol groups is 1. The molecule has 0 spiro atoms.